The van der Waals surface area contributed by atoms with Crippen LogP contribution < -0.4 is 14.4 Å². The number of benzene rings is 3. The molecule has 0 saturated heterocycles. The number of nitrogens with zero attached hydrogens (tertiary/aromatic N) is 2. The van der Waals surface area contributed by atoms with Gasteiger partial charge in [0, 0.05) is 23.7 Å². The lowest BCUT2D eigenvalue weighted by molar-refractivity contribution is -0.135. The van der Waals surface area contributed by atoms with E-state index in [-0.39, 0.29) is 24.2 Å². The quantitative estimate of drug-likeness (QED) is 0.169. The number of carbonyl (C=O) groups is 2. The first-order chi connectivity index (χ1) is 18.9. The number of rotatable bonds is 8. The minimum absolute atomic E-state index is 0.102. The molecule has 1 aliphatic heterocycles. The fraction of sp³-hybridized carbons (Fsp3) is 0.188. The molecule has 0 bridgehead atoms. The van der Waals surface area contributed by atoms with Crippen LogP contribution in [0.25, 0.3) is 16.5 Å². The predicted molar refractivity (Wildman–Crippen MR) is 153 cm³/mol. The van der Waals surface area contributed by atoms with Crippen LogP contribution in [0.2, 0.25) is 0 Å². The van der Waals surface area contributed by atoms with E-state index in [4.69, 9.17) is 14.2 Å². The van der Waals surface area contributed by atoms with Crippen LogP contribution in [-0.4, -0.2) is 49.4 Å². The summed E-state index contributed by atoms with van der Waals surface area (Å²) < 4.78 is 18.9. The number of likely N-dealkylation sites (N-methyl/N-ethyl adjacent to an activating group) is 1. The summed E-state index contributed by atoms with van der Waals surface area (Å²) in [5.74, 6) is 0.793. The Bertz CT molecular complexity index is 1570. The van der Waals surface area contributed by atoms with Gasteiger partial charge in [0.2, 0.25) is 0 Å². The smallest absolute Gasteiger partial charge is 0.338 e. The molecule has 0 N–H and O–H groups in total. The van der Waals surface area contributed by atoms with Crippen molar-refractivity contribution in [1.29, 1.82) is 0 Å². The van der Waals surface area contributed by atoms with E-state index in [9.17, 15) is 9.59 Å². The first-order valence-electron chi connectivity index (χ1n) is 12.7. The maximum Gasteiger partial charge on any atom is 0.338 e. The Morgan fingerprint density at radius 1 is 1.08 bits per heavy atom. The highest BCUT2D eigenvalue weighted by molar-refractivity contribution is 6.20. The van der Waals surface area contributed by atoms with Gasteiger partial charge in [0.25, 0.3) is 5.91 Å². The molecule has 2 heterocycles. The highest BCUT2D eigenvalue weighted by Gasteiger charge is 2.24. The normalized spacial score (nSPS) is 14.3. The molecule has 3 aromatic carbocycles. The van der Waals surface area contributed by atoms with E-state index >= 15 is 0 Å². The summed E-state index contributed by atoms with van der Waals surface area (Å²) in [4.78, 5) is 28.1. The zero-order valence-corrected chi connectivity index (χ0v) is 22.1. The lowest BCUT2D eigenvalue weighted by Gasteiger charge is -2.33. The molecule has 198 valence electrons. The van der Waals surface area contributed by atoms with E-state index in [1.165, 1.54) is 6.08 Å². The van der Waals surface area contributed by atoms with Crippen LogP contribution in [0.5, 0.6) is 11.5 Å². The molecule has 0 unspecified atom stereocenters. The average molecular weight is 523 g/mol. The lowest BCUT2D eigenvalue weighted by atomic mass is 10.0. The third-order valence-corrected chi connectivity index (χ3v) is 6.72. The second-order valence-electron chi connectivity index (χ2n) is 9.45. The Kier molecular flexibility index (Phi) is 7.23. The first kappa shape index (κ1) is 25.9. The second kappa shape index (κ2) is 10.9. The van der Waals surface area contributed by atoms with E-state index in [2.05, 4.69) is 18.1 Å². The van der Waals surface area contributed by atoms with Gasteiger partial charge in [-0.1, -0.05) is 43.5 Å². The number of ether oxygens (including phenoxy) is 3. The molecule has 1 aromatic heterocycles. The van der Waals surface area contributed by atoms with Gasteiger partial charge in [0.05, 0.1) is 23.3 Å². The average Bonchev–Trinajstić information content (AvgIpc) is 3.30. The third-order valence-electron chi connectivity index (χ3n) is 6.72. The molecule has 0 amide bonds. The molecule has 0 aliphatic carbocycles. The van der Waals surface area contributed by atoms with E-state index in [0.29, 0.717) is 35.5 Å². The summed E-state index contributed by atoms with van der Waals surface area (Å²) >= 11 is 0. The number of aryl methyl sites for hydroxylation is 1. The van der Waals surface area contributed by atoms with Crippen molar-refractivity contribution in [2.75, 3.05) is 31.7 Å². The van der Waals surface area contributed by atoms with Crippen molar-refractivity contribution in [3.05, 3.63) is 109 Å². The Balaban J connectivity index is 1.30. The van der Waals surface area contributed by atoms with Crippen molar-refractivity contribution >= 4 is 34.0 Å². The minimum atomic E-state index is -0.524. The van der Waals surface area contributed by atoms with Gasteiger partial charge in [-0.2, -0.15) is 0 Å². The number of hydrogen-bond donors (Lipinski definition) is 0. The third kappa shape index (κ3) is 5.16. The number of para-hydroxylation sites is 2. The topological polar surface area (TPSA) is 70.0 Å². The fourth-order valence-electron chi connectivity index (χ4n) is 4.82. The predicted octanol–water partition coefficient (Wildman–Crippen LogP) is 5.66. The van der Waals surface area contributed by atoms with Crippen molar-refractivity contribution < 1.29 is 23.8 Å². The van der Waals surface area contributed by atoms with Crippen molar-refractivity contribution in [2.45, 2.75) is 13.0 Å². The molecule has 0 spiro atoms. The van der Waals surface area contributed by atoms with E-state index in [1.54, 1.807) is 41.0 Å². The van der Waals surface area contributed by atoms with Gasteiger partial charge >= 0.3 is 5.97 Å². The molecule has 1 atom stereocenters. The monoisotopic (exact) mass is 522 g/mol. The molecule has 4 aromatic rings. The molecule has 7 heteroatoms. The fourth-order valence-corrected chi connectivity index (χ4v) is 4.82. The van der Waals surface area contributed by atoms with Gasteiger partial charge in [-0.25, -0.2) is 4.79 Å². The van der Waals surface area contributed by atoms with Gasteiger partial charge in [-0.3, -0.25) is 9.36 Å². The number of hydrogen-bond acceptors (Lipinski definition) is 6. The summed E-state index contributed by atoms with van der Waals surface area (Å²) in [5, 5.41) is 0.753. The van der Waals surface area contributed by atoms with E-state index in [1.807, 2.05) is 50.4 Å². The molecule has 5 rings (SSSR count). The number of aromatic nitrogens is 1. The van der Waals surface area contributed by atoms with Crippen LogP contribution in [0.1, 0.15) is 21.6 Å². The van der Waals surface area contributed by atoms with Gasteiger partial charge in [-0.15, -0.1) is 0 Å². The summed E-state index contributed by atoms with van der Waals surface area (Å²) in [6.45, 7) is 10.5. The number of anilines is 1. The Morgan fingerprint density at radius 3 is 2.62 bits per heavy atom. The summed E-state index contributed by atoms with van der Waals surface area (Å²) in [6, 6.07) is 22.3. The van der Waals surface area contributed by atoms with Crippen LogP contribution in [0.4, 0.5) is 5.69 Å². The molecule has 39 heavy (non-hydrogen) atoms. The first-order valence-corrected chi connectivity index (χ1v) is 12.7. The molecular weight excluding hydrogens is 492 g/mol. The second-order valence-corrected chi connectivity index (χ2v) is 9.45. The molecular formula is C32H30N2O5. The lowest BCUT2D eigenvalue weighted by Crippen LogP contribution is -2.41. The Morgan fingerprint density at radius 2 is 1.85 bits per heavy atom. The van der Waals surface area contributed by atoms with Crippen LogP contribution in [-0.2, 0) is 9.53 Å². The van der Waals surface area contributed by atoms with Crippen LogP contribution in [0.3, 0.4) is 0 Å². The van der Waals surface area contributed by atoms with Gasteiger partial charge < -0.3 is 19.1 Å². The molecule has 7 nitrogen and oxygen atoms in total. The largest absolute Gasteiger partial charge is 0.490 e. The maximum absolute atomic E-state index is 13.5. The highest BCUT2D eigenvalue weighted by atomic mass is 16.5. The standard InChI is InChI=1S/C32H30N2O5/c1-5-17-37-32(36)22(3)26-9-8-11-28-27(26)18-21(2)34(28)31(35)23-13-15-24(16-14-23)38-20-25-19-33(4)29-10-6-7-12-30(29)39-25/h5-16,18,25H,1,3,17,19-20H2,2,4H3/t25-/m0/s1. The summed E-state index contributed by atoms with van der Waals surface area (Å²) in [6.07, 6.45) is 1.39. The van der Waals surface area contributed by atoms with Crippen molar-refractivity contribution in [2.24, 2.45) is 0 Å². The van der Waals surface area contributed by atoms with Gasteiger partial charge in [-0.05, 0) is 61.0 Å². The molecule has 0 fully saturated rings. The molecule has 0 saturated carbocycles. The summed E-state index contributed by atoms with van der Waals surface area (Å²) in [7, 11) is 2.04. The maximum atomic E-state index is 13.5. The Hall–Kier alpha value is -4.78. The van der Waals surface area contributed by atoms with E-state index in [0.717, 1.165) is 22.5 Å². The number of carbonyl (C=O) groups excluding carboxylic acids is 2. The highest BCUT2D eigenvalue weighted by Crippen LogP contribution is 2.32. The minimum Gasteiger partial charge on any atom is -0.490 e. The van der Waals surface area contributed by atoms with Gasteiger partial charge in [0.15, 0.2) is 0 Å². The van der Waals surface area contributed by atoms with E-state index < -0.39 is 5.97 Å². The number of fused-ring (bicyclic) bond motifs is 2. The zero-order chi connectivity index (χ0) is 27.5. The molecule has 0 radical (unpaired) electrons. The van der Waals surface area contributed by atoms with Crippen molar-refractivity contribution in [1.82, 2.24) is 4.57 Å². The van der Waals surface area contributed by atoms with Crippen molar-refractivity contribution in [3.8, 4) is 11.5 Å². The molecule has 1 aliphatic rings. The van der Waals surface area contributed by atoms with Crippen LogP contribution >= 0.6 is 0 Å². The number of esters is 1. The van der Waals surface area contributed by atoms with Crippen LogP contribution in [0, 0.1) is 6.92 Å². The van der Waals surface area contributed by atoms with Crippen molar-refractivity contribution in [3.63, 3.8) is 0 Å². The SMILES string of the molecule is C=CCOC(=O)C(=C)c1cccc2c1cc(C)n2C(=O)c1ccc(OC[C@@H]2CN(C)c3ccccc3O2)cc1. The summed E-state index contributed by atoms with van der Waals surface area (Å²) in [5.41, 5.74) is 3.86. The van der Waals surface area contributed by atoms with Crippen LogP contribution in [0.15, 0.2) is 92.0 Å². The Labute approximate surface area is 227 Å². The van der Waals surface area contributed by atoms with Gasteiger partial charge in [0.1, 0.15) is 30.8 Å². The zero-order valence-electron chi connectivity index (χ0n) is 22.1.